The Labute approximate surface area is 180 Å². The van der Waals surface area contributed by atoms with E-state index in [1.54, 1.807) is 32.4 Å². The van der Waals surface area contributed by atoms with Crippen LogP contribution < -0.4 is 9.47 Å². The summed E-state index contributed by atoms with van der Waals surface area (Å²) in [6, 6.07) is 21.2. The van der Waals surface area contributed by atoms with E-state index in [4.69, 9.17) is 14.5 Å². The molecule has 154 valence electrons. The van der Waals surface area contributed by atoms with E-state index >= 15 is 0 Å². The number of hydrogen-bond donors (Lipinski definition) is 0. The standard InChI is InChI=1S/C26H22N2O3/c1-30-23-16-12-20(18-24(23)31-2)26-22(27-25-10-6-7-17-28(25)26)15-14-21(29)13-11-19-8-4-3-5-9-19/h3-18H,1-2H3/b13-11+,15-14+. The first-order valence-corrected chi connectivity index (χ1v) is 9.84. The maximum absolute atomic E-state index is 12.4. The lowest BCUT2D eigenvalue weighted by Crippen LogP contribution is -1.93. The molecule has 0 aliphatic rings. The molecule has 31 heavy (non-hydrogen) atoms. The molecule has 2 aromatic heterocycles. The van der Waals surface area contributed by atoms with E-state index in [0.29, 0.717) is 17.2 Å². The van der Waals surface area contributed by atoms with Crippen molar-refractivity contribution >= 4 is 23.6 Å². The first-order valence-electron chi connectivity index (χ1n) is 9.84. The van der Waals surface area contributed by atoms with Crippen molar-refractivity contribution in [2.45, 2.75) is 0 Å². The molecule has 0 bridgehead atoms. The molecule has 4 rings (SSSR count). The largest absolute Gasteiger partial charge is 0.493 e. The van der Waals surface area contributed by atoms with Gasteiger partial charge in [-0.05, 0) is 54.1 Å². The average Bonchev–Trinajstić information content (AvgIpc) is 3.20. The van der Waals surface area contributed by atoms with Crippen LogP contribution in [0.4, 0.5) is 0 Å². The Hall–Kier alpha value is -4.12. The summed E-state index contributed by atoms with van der Waals surface area (Å²) >= 11 is 0. The minimum atomic E-state index is -0.112. The maximum Gasteiger partial charge on any atom is 0.178 e. The third-order valence-electron chi connectivity index (χ3n) is 4.86. The lowest BCUT2D eigenvalue weighted by molar-refractivity contribution is -0.110. The fourth-order valence-electron chi connectivity index (χ4n) is 3.36. The van der Waals surface area contributed by atoms with Gasteiger partial charge in [0.25, 0.3) is 0 Å². The van der Waals surface area contributed by atoms with Gasteiger partial charge in [0.1, 0.15) is 5.65 Å². The zero-order valence-electron chi connectivity index (χ0n) is 17.4. The van der Waals surface area contributed by atoms with Crippen molar-refractivity contribution in [1.82, 2.24) is 9.38 Å². The van der Waals surface area contributed by atoms with Crippen LogP contribution in [0, 0.1) is 0 Å². The molecule has 5 nitrogen and oxygen atoms in total. The number of carbonyl (C=O) groups is 1. The highest BCUT2D eigenvalue weighted by molar-refractivity contribution is 6.04. The second-order valence-electron chi connectivity index (χ2n) is 6.82. The number of pyridine rings is 1. The lowest BCUT2D eigenvalue weighted by Gasteiger charge is -2.10. The number of aromatic nitrogens is 2. The molecular weight excluding hydrogens is 388 g/mol. The first-order chi connectivity index (χ1) is 15.2. The molecule has 2 heterocycles. The van der Waals surface area contributed by atoms with E-state index < -0.39 is 0 Å². The molecule has 0 saturated carbocycles. The van der Waals surface area contributed by atoms with Gasteiger partial charge in [0.05, 0.1) is 25.6 Å². The molecule has 0 spiro atoms. The molecule has 0 unspecified atom stereocenters. The summed E-state index contributed by atoms with van der Waals surface area (Å²) in [4.78, 5) is 17.1. The molecule has 0 aliphatic carbocycles. The van der Waals surface area contributed by atoms with Crippen LogP contribution >= 0.6 is 0 Å². The molecule has 0 radical (unpaired) electrons. The third kappa shape index (κ3) is 4.41. The minimum Gasteiger partial charge on any atom is -0.493 e. The topological polar surface area (TPSA) is 52.8 Å². The predicted molar refractivity (Wildman–Crippen MR) is 123 cm³/mol. The van der Waals surface area contributed by atoms with Gasteiger partial charge in [-0.2, -0.15) is 0 Å². The van der Waals surface area contributed by atoms with Gasteiger partial charge in [-0.15, -0.1) is 0 Å². The number of ketones is 1. The third-order valence-corrected chi connectivity index (χ3v) is 4.86. The van der Waals surface area contributed by atoms with Crippen molar-refractivity contribution in [3.8, 4) is 22.8 Å². The van der Waals surface area contributed by atoms with Crippen molar-refractivity contribution < 1.29 is 14.3 Å². The van der Waals surface area contributed by atoms with Gasteiger partial charge in [-0.3, -0.25) is 9.20 Å². The van der Waals surface area contributed by atoms with Crippen LogP contribution in [0.5, 0.6) is 11.5 Å². The highest BCUT2D eigenvalue weighted by Crippen LogP contribution is 2.34. The Morgan fingerprint density at radius 1 is 0.871 bits per heavy atom. The molecule has 0 atom stereocenters. The molecular formula is C26H22N2O3. The van der Waals surface area contributed by atoms with Gasteiger partial charge in [-0.1, -0.05) is 42.5 Å². The molecule has 0 amide bonds. The Bertz CT molecular complexity index is 1270. The van der Waals surface area contributed by atoms with E-state index in [1.807, 2.05) is 77.3 Å². The summed E-state index contributed by atoms with van der Waals surface area (Å²) in [5.41, 5.74) is 4.23. The van der Waals surface area contributed by atoms with E-state index in [0.717, 1.165) is 22.5 Å². The molecule has 0 N–H and O–H groups in total. The molecule has 0 aliphatic heterocycles. The molecule has 5 heteroatoms. The fourth-order valence-corrected chi connectivity index (χ4v) is 3.36. The number of imidazole rings is 1. The van der Waals surface area contributed by atoms with E-state index in [1.165, 1.54) is 6.08 Å². The van der Waals surface area contributed by atoms with Crippen molar-refractivity contribution in [3.63, 3.8) is 0 Å². The Kier molecular flexibility index (Phi) is 5.94. The molecule has 0 fully saturated rings. The van der Waals surface area contributed by atoms with Crippen LogP contribution in [-0.4, -0.2) is 29.4 Å². The molecule has 4 aromatic rings. The van der Waals surface area contributed by atoms with Crippen LogP contribution in [0.15, 0.2) is 85.1 Å². The maximum atomic E-state index is 12.4. The number of carbonyl (C=O) groups excluding carboxylic acids is 1. The van der Waals surface area contributed by atoms with E-state index in [2.05, 4.69) is 0 Å². The van der Waals surface area contributed by atoms with Crippen LogP contribution in [0.3, 0.4) is 0 Å². The monoisotopic (exact) mass is 410 g/mol. The van der Waals surface area contributed by atoms with Crippen molar-refractivity contribution in [3.05, 3.63) is 96.3 Å². The van der Waals surface area contributed by atoms with Crippen LogP contribution in [0.25, 0.3) is 29.1 Å². The smallest absolute Gasteiger partial charge is 0.178 e. The number of rotatable bonds is 7. The normalized spacial score (nSPS) is 11.4. The van der Waals surface area contributed by atoms with Crippen molar-refractivity contribution in [1.29, 1.82) is 0 Å². The Balaban J connectivity index is 1.71. The number of allylic oxidation sites excluding steroid dienone is 2. The van der Waals surface area contributed by atoms with Crippen molar-refractivity contribution in [2.75, 3.05) is 14.2 Å². The van der Waals surface area contributed by atoms with Gasteiger partial charge in [-0.25, -0.2) is 4.98 Å². The van der Waals surface area contributed by atoms with Gasteiger partial charge in [0.15, 0.2) is 17.3 Å². The van der Waals surface area contributed by atoms with Crippen LogP contribution in [0.2, 0.25) is 0 Å². The SMILES string of the molecule is COc1ccc(-c2c(/C=C/C(=O)/C=C/c3ccccc3)nc3ccccn23)cc1OC. The van der Waals surface area contributed by atoms with E-state index in [9.17, 15) is 4.79 Å². The van der Waals surface area contributed by atoms with Crippen molar-refractivity contribution in [2.24, 2.45) is 0 Å². The second-order valence-corrected chi connectivity index (χ2v) is 6.82. The number of benzene rings is 2. The highest BCUT2D eigenvalue weighted by Gasteiger charge is 2.14. The minimum absolute atomic E-state index is 0.112. The van der Waals surface area contributed by atoms with Gasteiger partial charge < -0.3 is 9.47 Å². The fraction of sp³-hybridized carbons (Fsp3) is 0.0769. The number of nitrogens with zero attached hydrogens (tertiary/aromatic N) is 2. The quantitative estimate of drug-likeness (QED) is 0.387. The number of fused-ring (bicyclic) bond motifs is 1. The Morgan fingerprint density at radius 2 is 1.61 bits per heavy atom. The zero-order chi connectivity index (χ0) is 21.6. The summed E-state index contributed by atoms with van der Waals surface area (Å²) in [6.07, 6.45) is 8.58. The van der Waals surface area contributed by atoms with Gasteiger partial charge >= 0.3 is 0 Å². The zero-order valence-corrected chi connectivity index (χ0v) is 17.4. The second kappa shape index (κ2) is 9.13. The van der Waals surface area contributed by atoms with Gasteiger partial charge in [0.2, 0.25) is 0 Å². The number of ether oxygens (including phenoxy) is 2. The van der Waals surface area contributed by atoms with E-state index in [-0.39, 0.29) is 5.78 Å². The summed E-state index contributed by atoms with van der Waals surface area (Å²) in [5.74, 6) is 1.17. The van der Waals surface area contributed by atoms with Crippen LogP contribution in [0.1, 0.15) is 11.3 Å². The predicted octanol–water partition coefficient (Wildman–Crippen LogP) is 5.31. The highest BCUT2D eigenvalue weighted by atomic mass is 16.5. The summed E-state index contributed by atoms with van der Waals surface area (Å²) in [6.45, 7) is 0. The first kappa shape index (κ1) is 20.2. The Morgan fingerprint density at radius 3 is 2.39 bits per heavy atom. The van der Waals surface area contributed by atoms with Crippen LogP contribution in [-0.2, 0) is 4.79 Å². The van der Waals surface area contributed by atoms with Gasteiger partial charge in [0, 0.05) is 11.8 Å². The lowest BCUT2D eigenvalue weighted by atomic mass is 10.1. The molecule has 2 aromatic carbocycles. The number of methoxy groups -OCH3 is 2. The summed E-state index contributed by atoms with van der Waals surface area (Å²) < 4.78 is 12.8. The number of hydrogen-bond acceptors (Lipinski definition) is 4. The molecule has 0 saturated heterocycles. The average molecular weight is 410 g/mol. The summed E-state index contributed by atoms with van der Waals surface area (Å²) in [7, 11) is 3.21. The summed E-state index contributed by atoms with van der Waals surface area (Å²) in [5, 5.41) is 0.